The number of esters is 3. The molecule has 1 heterocycles. The number of aliphatic hydroxyl groups is 1. The van der Waals surface area contributed by atoms with Gasteiger partial charge in [0.05, 0.1) is 12.5 Å². The molecule has 28 heavy (non-hydrogen) atoms. The van der Waals surface area contributed by atoms with E-state index in [1.807, 2.05) is 6.92 Å². The lowest BCUT2D eigenvalue weighted by molar-refractivity contribution is -0.147. The number of rotatable bonds is 4. The molecule has 1 N–H and O–H groups in total. The van der Waals surface area contributed by atoms with Crippen molar-refractivity contribution in [2.24, 2.45) is 5.92 Å². The van der Waals surface area contributed by atoms with Gasteiger partial charge in [-0.15, -0.1) is 0 Å². The van der Waals surface area contributed by atoms with Gasteiger partial charge in [0.25, 0.3) is 0 Å². The number of aliphatic hydroxyl groups excluding tert-OH is 1. The Bertz CT molecular complexity index is 759. The Kier molecular flexibility index (Phi) is 6.96. The summed E-state index contributed by atoms with van der Waals surface area (Å²) in [6.45, 7) is 11.7. The number of hydrogen-bond acceptors (Lipinski definition) is 7. The number of hydrogen-bond donors (Lipinski definition) is 1. The lowest BCUT2D eigenvalue weighted by atomic mass is 9.85. The summed E-state index contributed by atoms with van der Waals surface area (Å²) >= 11 is 0. The smallest absolute Gasteiger partial charge is 0.334 e. The van der Waals surface area contributed by atoms with Crippen LogP contribution in [0.4, 0.5) is 0 Å². The van der Waals surface area contributed by atoms with Gasteiger partial charge in [-0.05, 0) is 31.6 Å². The van der Waals surface area contributed by atoms with Crippen LogP contribution in [0.2, 0.25) is 0 Å². The van der Waals surface area contributed by atoms with Crippen molar-refractivity contribution >= 4 is 17.9 Å². The minimum atomic E-state index is -0.799. The normalized spacial score (nSPS) is 31.4. The van der Waals surface area contributed by atoms with Crippen molar-refractivity contribution in [2.45, 2.75) is 51.9 Å². The monoisotopic (exact) mass is 390 g/mol. The van der Waals surface area contributed by atoms with Crippen molar-refractivity contribution in [3.63, 3.8) is 0 Å². The third-order valence-corrected chi connectivity index (χ3v) is 4.65. The number of fused-ring (bicyclic) bond motifs is 1. The van der Waals surface area contributed by atoms with Crippen LogP contribution < -0.4 is 0 Å². The van der Waals surface area contributed by atoms with Crippen molar-refractivity contribution in [3.05, 3.63) is 47.6 Å². The quantitative estimate of drug-likeness (QED) is 0.340. The maximum Gasteiger partial charge on any atom is 0.334 e. The predicted octanol–water partition coefficient (Wildman–Crippen LogP) is 2.16. The van der Waals surface area contributed by atoms with Crippen molar-refractivity contribution in [1.29, 1.82) is 0 Å². The summed E-state index contributed by atoms with van der Waals surface area (Å²) in [4.78, 5) is 35.7. The van der Waals surface area contributed by atoms with E-state index in [0.29, 0.717) is 12.0 Å². The van der Waals surface area contributed by atoms with Gasteiger partial charge in [-0.1, -0.05) is 18.7 Å². The summed E-state index contributed by atoms with van der Waals surface area (Å²) in [5.74, 6) is -2.21. The van der Waals surface area contributed by atoms with Crippen LogP contribution in [0, 0.1) is 5.92 Å². The molecule has 0 unspecified atom stereocenters. The maximum atomic E-state index is 12.2. The highest BCUT2D eigenvalue weighted by atomic mass is 16.6. The number of carbonyl (C=O) groups is 3. The molecule has 0 aromatic carbocycles. The Morgan fingerprint density at radius 1 is 1.25 bits per heavy atom. The van der Waals surface area contributed by atoms with Gasteiger partial charge < -0.3 is 19.3 Å². The van der Waals surface area contributed by atoms with Crippen molar-refractivity contribution in [3.8, 4) is 0 Å². The van der Waals surface area contributed by atoms with Crippen LogP contribution in [0.5, 0.6) is 0 Å². The lowest BCUT2D eigenvalue weighted by Crippen LogP contribution is -2.34. The van der Waals surface area contributed by atoms with Crippen LogP contribution in [0.1, 0.15) is 33.6 Å². The third kappa shape index (κ3) is 5.19. The minimum absolute atomic E-state index is 0.136. The molecule has 7 nitrogen and oxygen atoms in total. The van der Waals surface area contributed by atoms with Crippen molar-refractivity contribution in [2.75, 3.05) is 6.61 Å². The van der Waals surface area contributed by atoms with E-state index in [0.717, 1.165) is 5.57 Å². The van der Waals surface area contributed by atoms with E-state index in [2.05, 4.69) is 13.2 Å². The molecule has 2 rings (SSSR count). The molecule has 0 aromatic rings. The fraction of sp³-hybridized carbons (Fsp3) is 0.476. The van der Waals surface area contributed by atoms with E-state index in [1.165, 1.54) is 13.8 Å². The van der Waals surface area contributed by atoms with Gasteiger partial charge in [0.1, 0.15) is 18.3 Å². The van der Waals surface area contributed by atoms with E-state index in [4.69, 9.17) is 14.2 Å². The zero-order chi connectivity index (χ0) is 21.0. The second kappa shape index (κ2) is 9.01. The van der Waals surface area contributed by atoms with Gasteiger partial charge in [-0.3, -0.25) is 4.79 Å². The first kappa shape index (κ1) is 21.6. The molecule has 0 radical (unpaired) electrons. The molecular weight excluding hydrogens is 364 g/mol. The summed E-state index contributed by atoms with van der Waals surface area (Å²) in [5, 5.41) is 9.81. The average molecular weight is 390 g/mol. The molecule has 4 atom stereocenters. The first-order valence-corrected chi connectivity index (χ1v) is 9.03. The second-order valence-corrected chi connectivity index (χ2v) is 7.20. The average Bonchev–Trinajstić information content (AvgIpc) is 2.85. The van der Waals surface area contributed by atoms with Gasteiger partial charge in [-0.2, -0.15) is 0 Å². The van der Waals surface area contributed by atoms with Crippen LogP contribution in [0.15, 0.2) is 47.6 Å². The van der Waals surface area contributed by atoms with Gasteiger partial charge in [0, 0.05) is 30.9 Å². The largest absolute Gasteiger partial charge is 0.458 e. The molecule has 152 valence electrons. The molecule has 0 amide bonds. The van der Waals surface area contributed by atoms with Gasteiger partial charge >= 0.3 is 17.9 Å². The molecule has 1 fully saturated rings. The molecule has 0 saturated carbocycles. The van der Waals surface area contributed by atoms with E-state index < -0.39 is 42.1 Å². The maximum absolute atomic E-state index is 12.2. The summed E-state index contributed by atoms with van der Waals surface area (Å²) in [6.07, 6.45) is 1.87. The Balaban J connectivity index is 2.48. The van der Waals surface area contributed by atoms with Crippen LogP contribution >= 0.6 is 0 Å². The Morgan fingerprint density at radius 3 is 2.50 bits per heavy atom. The van der Waals surface area contributed by atoms with Gasteiger partial charge in [0.15, 0.2) is 0 Å². The fourth-order valence-corrected chi connectivity index (χ4v) is 3.38. The SMILES string of the molecule is C=C(C)C(=O)O[C@@H]1C/C(CO)=C/[C@H](OC(C)=O)C/C(C)=C/[C@H]2OC(=O)C(=C)[C@@H]21. The highest BCUT2D eigenvalue weighted by molar-refractivity contribution is 5.91. The highest BCUT2D eigenvalue weighted by Crippen LogP contribution is 2.36. The third-order valence-electron chi connectivity index (χ3n) is 4.65. The standard InChI is InChI=1S/C21H26O7/c1-11(2)20(24)27-18-9-15(10-22)8-16(26-14(5)23)6-12(3)7-17-19(18)13(4)21(25)28-17/h7-8,16-19,22H,1,4,6,9-10H2,2-3,5H3/b12-7+,15-8-/t16-,17-,18-,19+/m1/s1. The van der Waals surface area contributed by atoms with Crippen LogP contribution in [-0.4, -0.2) is 47.9 Å². The van der Waals surface area contributed by atoms with E-state index >= 15 is 0 Å². The van der Waals surface area contributed by atoms with E-state index in [9.17, 15) is 19.5 Å². The Morgan fingerprint density at radius 2 is 1.93 bits per heavy atom. The van der Waals surface area contributed by atoms with Crippen LogP contribution in [-0.2, 0) is 28.6 Å². The first-order valence-electron chi connectivity index (χ1n) is 9.03. The molecule has 2 aliphatic rings. The minimum Gasteiger partial charge on any atom is -0.458 e. The summed E-state index contributed by atoms with van der Waals surface area (Å²) in [7, 11) is 0. The fourth-order valence-electron chi connectivity index (χ4n) is 3.38. The molecule has 7 heteroatoms. The van der Waals surface area contributed by atoms with E-state index in [1.54, 1.807) is 12.2 Å². The van der Waals surface area contributed by atoms with Gasteiger partial charge in [0.2, 0.25) is 0 Å². The zero-order valence-electron chi connectivity index (χ0n) is 16.4. The molecule has 1 saturated heterocycles. The topological polar surface area (TPSA) is 99.1 Å². The molecule has 0 spiro atoms. The summed E-state index contributed by atoms with van der Waals surface area (Å²) in [6, 6.07) is 0. The second-order valence-electron chi connectivity index (χ2n) is 7.20. The van der Waals surface area contributed by atoms with Crippen molar-refractivity contribution < 1.29 is 33.7 Å². The zero-order valence-corrected chi connectivity index (χ0v) is 16.4. The molecular formula is C21H26O7. The van der Waals surface area contributed by atoms with E-state index in [-0.39, 0.29) is 24.2 Å². The Hall–Kier alpha value is -2.67. The van der Waals surface area contributed by atoms with Crippen molar-refractivity contribution in [1.82, 2.24) is 0 Å². The first-order chi connectivity index (χ1) is 13.1. The molecule has 0 aromatic heterocycles. The lowest BCUT2D eigenvalue weighted by Gasteiger charge is -2.28. The highest BCUT2D eigenvalue weighted by Gasteiger charge is 2.44. The predicted molar refractivity (Wildman–Crippen MR) is 101 cm³/mol. The van der Waals surface area contributed by atoms with Crippen LogP contribution in [0.3, 0.4) is 0 Å². The molecule has 1 aliphatic heterocycles. The van der Waals surface area contributed by atoms with Gasteiger partial charge in [-0.25, -0.2) is 9.59 Å². The number of ether oxygens (including phenoxy) is 3. The van der Waals surface area contributed by atoms with Crippen LogP contribution in [0.25, 0.3) is 0 Å². The molecule has 0 bridgehead atoms. The Labute approximate surface area is 164 Å². The summed E-state index contributed by atoms with van der Waals surface area (Å²) in [5.41, 5.74) is 1.77. The number of carbonyl (C=O) groups excluding carboxylic acids is 3. The summed E-state index contributed by atoms with van der Waals surface area (Å²) < 4.78 is 16.3. The molecule has 1 aliphatic carbocycles.